The van der Waals surface area contributed by atoms with Gasteiger partial charge >= 0.3 is 0 Å². The molecule has 0 fully saturated rings. The molecule has 0 amide bonds. The van der Waals surface area contributed by atoms with Gasteiger partial charge in [-0.25, -0.2) is 0 Å². The highest BCUT2D eigenvalue weighted by atomic mass is 16.7. The average molecular weight is 256 g/mol. The Labute approximate surface area is 112 Å². The van der Waals surface area contributed by atoms with Gasteiger partial charge in [0.2, 0.25) is 6.79 Å². The summed E-state index contributed by atoms with van der Waals surface area (Å²) in [6, 6.07) is 10.1. The number of hydrogen-bond donors (Lipinski definition) is 1. The standard InChI is InChI=1S/C15H16N2O2/c16-9-13(7-11-3-5-17-6-4-11)12-1-2-14-15(8-12)19-10-18-14/h1-6,8,13H,7,9-10,16H2. The number of benzene rings is 1. The Morgan fingerprint density at radius 3 is 2.68 bits per heavy atom. The van der Waals surface area contributed by atoms with Gasteiger partial charge in [0.15, 0.2) is 11.5 Å². The lowest BCUT2D eigenvalue weighted by Crippen LogP contribution is -2.15. The van der Waals surface area contributed by atoms with Gasteiger partial charge < -0.3 is 15.2 Å². The zero-order valence-electron chi connectivity index (χ0n) is 10.6. The fraction of sp³-hybridized carbons (Fsp3) is 0.267. The Bertz CT molecular complexity index is 557. The van der Waals surface area contributed by atoms with Crippen molar-refractivity contribution in [2.24, 2.45) is 5.73 Å². The second-order valence-electron chi connectivity index (χ2n) is 4.60. The number of fused-ring (bicyclic) bond motifs is 1. The van der Waals surface area contributed by atoms with Gasteiger partial charge in [0, 0.05) is 18.3 Å². The molecule has 0 saturated heterocycles. The van der Waals surface area contributed by atoms with E-state index in [0.717, 1.165) is 17.9 Å². The van der Waals surface area contributed by atoms with Crippen molar-refractivity contribution in [3.8, 4) is 11.5 Å². The maximum atomic E-state index is 5.91. The first-order valence-electron chi connectivity index (χ1n) is 6.35. The molecule has 0 spiro atoms. The molecule has 1 aliphatic heterocycles. The first-order chi connectivity index (χ1) is 9.36. The Morgan fingerprint density at radius 2 is 1.89 bits per heavy atom. The van der Waals surface area contributed by atoms with Crippen molar-refractivity contribution in [3.63, 3.8) is 0 Å². The fourth-order valence-corrected chi connectivity index (χ4v) is 2.31. The van der Waals surface area contributed by atoms with Crippen molar-refractivity contribution in [3.05, 3.63) is 53.9 Å². The molecular formula is C15H16N2O2. The molecule has 0 aliphatic carbocycles. The van der Waals surface area contributed by atoms with Crippen molar-refractivity contribution in [2.45, 2.75) is 12.3 Å². The van der Waals surface area contributed by atoms with Gasteiger partial charge in [-0.15, -0.1) is 0 Å². The molecule has 1 aromatic carbocycles. The first-order valence-corrected chi connectivity index (χ1v) is 6.35. The number of hydrogen-bond acceptors (Lipinski definition) is 4. The minimum absolute atomic E-state index is 0.275. The lowest BCUT2D eigenvalue weighted by atomic mass is 9.92. The minimum atomic E-state index is 0.275. The van der Waals surface area contributed by atoms with Crippen LogP contribution < -0.4 is 15.2 Å². The molecule has 2 N–H and O–H groups in total. The molecule has 98 valence electrons. The van der Waals surface area contributed by atoms with Crippen molar-refractivity contribution < 1.29 is 9.47 Å². The topological polar surface area (TPSA) is 57.4 Å². The van der Waals surface area contributed by atoms with Crippen LogP contribution in [0.5, 0.6) is 11.5 Å². The van der Waals surface area contributed by atoms with E-state index in [1.165, 1.54) is 11.1 Å². The van der Waals surface area contributed by atoms with E-state index in [0.29, 0.717) is 13.3 Å². The van der Waals surface area contributed by atoms with E-state index in [2.05, 4.69) is 11.1 Å². The molecule has 1 unspecified atom stereocenters. The van der Waals surface area contributed by atoms with E-state index in [4.69, 9.17) is 15.2 Å². The van der Waals surface area contributed by atoms with Crippen LogP contribution in [0.2, 0.25) is 0 Å². The Hall–Kier alpha value is -2.07. The quantitative estimate of drug-likeness (QED) is 0.910. The van der Waals surface area contributed by atoms with Crippen LogP contribution in [-0.4, -0.2) is 18.3 Å². The zero-order chi connectivity index (χ0) is 13.1. The van der Waals surface area contributed by atoms with Crippen LogP contribution in [-0.2, 0) is 6.42 Å². The van der Waals surface area contributed by atoms with Crippen LogP contribution in [0.3, 0.4) is 0 Å². The van der Waals surface area contributed by atoms with E-state index < -0.39 is 0 Å². The lowest BCUT2D eigenvalue weighted by molar-refractivity contribution is 0.174. The van der Waals surface area contributed by atoms with Crippen molar-refractivity contribution in [2.75, 3.05) is 13.3 Å². The third-order valence-electron chi connectivity index (χ3n) is 3.38. The van der Waals surface area contributed by atoms with Crippen LogP contribution in [0.15, 0.2) is 42.7 Å². The summed E-state index contributed by atoms with van der Waals surface area (Å²) in [5.74, 6) is 1.89. The van der Waals surface area contributed by atoms with Gasteiger partial charge in [0.1, 0.15) is 0 Å². The van der Waals surface area contributed by atoms with Crippen molar-refractivity contribution >= 4 is 0 Å². The highest BCUT2D eigenvalue weighted by molar-refractivity contribution is 5.45. The molecule has 3 rings (SSSR count). The van der Waals surface area contributed by atoms with Gasteiger partial charge in [0.05, 0.1) is 0 Å². The molecule has 0 bridgehead atoms. The first kappa shape index (κ1) is 12.0. The van der Waals surface area contributed by atoms with Crippen LogP contribution in [0, 0.1) is 0 Å². The highest BCUT2D eigenvalue weighted by Gasteiger charge is 2.17. The van der Waals surface area contributed by atoms with Gasteiger partial charge in [-0.1, -0.05) is 6.07 Å². The summed E-state index contributed by atoms with van der Waals surface area (Å²) in [6.45, 7) is 0.901. The summed E-state index contributed by atoms with van der Waals surface area (Å²) in [7, 11) is 0. The lowest BCUT2D eigenvalue weighted by Gasteiger charge is -2.15. The Morgan fingerprint density at radius 1 is 1.11 bits per heavy atom. The van der Waals surface area contributed by atoms with Crippen molar-refractivity contribution in [1.82, 2.24) is 4.98 Å². The molecule has 4 heteroatoms. The average Bonchev–Trinajstić information content (AvgIpc) is 2.93. The Kier molecular flexibility index (Phi) is 3.33. The van der Waals surface area contributed by atoms with Gasteiger partial charge in [-0.3, -0.25) is 4.98 Å². The maximum absolute atomic E-state index is 5.91. The number of nitrogens with two attached hydrogens (primary N) is 1. The molecule has 2 heterocycles. The number of rotatable bonds is 4. The molecular weight excluding hydrogens is 240 g/mol. The Balaban J connectivity index is 1.82. The monoisotopic (exact) mass is 256 g/mol. The SMILES string of the molecule is NCC(Cc1ccncc1)c1ccc2c(c1)OCO2. The van der Waals surface area contributed by atoms with E-state index in [9.17, 15) is 0 Å². The van der Waals surface area contributed by atoms with Gasteiger partial charge in [-0.05, 0) is 48.4 Å². The summed E-state index contributed by atoms with van der Waals surface area (Å²) < 4.78 is 10.7. The zero-order valence-corrected chi connectivity index (χ0v) is 10.6. The third kappa shape index (κ3) is 2.53. The van der Waals surface area contributed by atoms with E-state index in [1.54, 1.807) is 0 Å². The summed E-state index contributed by atoms with van der Waals surface area (Å²) in [4.78, 5) is 4.03. The second-order valence-corrected chi connectivity index (χ2v) is 4.60. The molecule has 4 nitrogen and oxygen atoms in total. The fourth-order valence-electron chi connectivity index (χ4n) is 2.31. The van der Waals surface area contributed by atoms with Crippen LogP contribution >= 0.6 is 0 Å². The predicted molar refractivity (Wildman–Crippen MR) is 72.3 cm³/mol. The smallest absolute Gasteiger partial charge is 0.231 e. The van der Waals surface area contributed by atoms with Crippen LogP contribution in [0.4, 0.5) is 0 Å². The van der Waals surface area contributed by atoms with Gasteiger partial charge in [0.25, 0.3) is 0 Å². The third-order valence-corrected chi connectivity index (χ3v) is 3.38. The highest BCUT2D eigenvalue weighted by Crippen LogP contribution is 2.35. The summed E-state index contributed by atoms with van der Waals surface area (Å²) in [6.07, 6.45) is 4.52. The molecule has 1 aliphatic rings. The predicted octanol–water partition coefficient (Wildman–Crippen LogP) is 2.10. The number of nitrogens with zero attached hydrogens (tertiary/aromatic N) is 1. The van der Waals surface area contributed by atoms with Crippen LogP contribution in [0.25, 0.3) is 0 Å². The number of ether oxygens (including phenoxy) is 2. The summed E-state index contributed by atoms with van der Waals surface area (Å²) >= 11 is 0. The van der Waals surface area contributed by atoms with E-state index >= 15 is 0 Å². The molecule has 1 atom stereocenters. The molecule has 2 aromatic rings. The minimum Gasteiger partial charge on any atom is -0.454 e. The largest absolute Gasteiger partial charge is 0.454 e. The molecule has 0 saturated carbocycles. The van der Waals surface area contributed by atoms with E-state index in [-0.39, 0.29) is 5.92 Å². The summed E-state index contributed by atoms with van der Waals surface area (Å²) in [5.41, 5.74) is 8.33. The maximum Gasteiger partial charge on any atom is 0.231 e. The normalized spacial score (nSPS) is 14.4. The van der Waals surface area contributed by atoms with E-state index in [1.807, 2.05) is 36.7 Å². The molecule has 0 radical (unpaired) electrons. The number of aromatic nitrogens is 1. The number of pyridine rings is 1. The molecule has 19 heavy (non-hydrogen) atoms. The second kappa shape index (κ2) is 5.28. The van der Waals surface area contributed by atoms with Gasteiger partial charge in [-0.2, -0.15) is 0 Å². The van der Waals surface area contributed by atoms with Crippen LogP contribution in [0.1, 0.15) is 17.0 Å². The van der Waals surface area contributed by atoms with Crippen molar-refractivity contribution in [1.29, 1.82) is 0 Å². The summed E-state index contributed by atoms with van der Waals surface area (Å²) in [5, 5.41) is 0. The molecule has 1 aromatic heterocycles.